The lowest BCUT2D eigenvalue weighted by Crippen LogP contribution is -2.51. The van der Waals surface area contributed by atoms with E-state index >= 15 is 0 Å². The SMILES string of the molecule is CCC1(C(=O)CNC)COC1. The number of Topliss-reactive ketones (excluding diaryl/α,β-unsaturated/α-hetero) is 1. The average molecular weight is 157 g/mol. The van der Waals surface area contributed by atoms with Crippen molar-refractivity contribution >= 4 is 5.78 Å². The summed E-state index contributed by atoms with van der Waals surface area (Å²) in [6.45, 7) is 3.74. The van der Waals surface area contributed by atoms with E-state index in [2.05, 4.69) is 5.32 Å². The van der Waals surface area contributed by atoms with Gasteiger partial charge in [-0.05, 0) is 13.5 Å². The normalized spacial score (nSPS) is 20.9. The first-order valence-electron chi connectivity index (χ1n) is 4.01. The minimum atomic E-state index is -0.150. The molecular formula is C8H15NO2. The third kappa shape index (κ3) is 1.44. The number of ketones is 1. The van der Waals surface area contributed by atoms with E-state index < -0.39 is 0 Å². The summed E-state index contributed by atoms with van der Waals surface area (Å²) in [4.78, 5) is 11.4. The summed E-state index contributed by atoms with van der Waals surface area (Å²) >= 11 is 0. The standard InChI is InChI=1S/C8H15NO2/c1-3-8(5-11-6-8)7(10)4-9-2/h9H,3-6H2,1-2H3. The Hall–Kier alpha value is -0.410. The molecule has 64 valence electrons. The van der Waals surface area contributed by atoms with Crippen LogP contribution in [0.5, 0.6) is 0 Å². The highest BCUT2D eigenvalue weighted by Crippen LogP contribution is 2.31. The van der Waals surface area contributed by atoms with E-state index in [0.29, 0.717) is 19.8 Å². The zero-order valence-electron chi connectivity index (χ0n) is 7.14. The quantitative estimate of drug-likeness (QED) is 0.633. The minimum Gasteiger partial charge on any atom is -0.379 e. The molecule has 1 N–H and O–H groups in total. The van der Waals surface area contributed by atoms with E-state index in [4.69, 9.17) is 4.74 Å². The average Bonchev–Trinajstić information content (AvgIpc) is 1.87. The molecule has 0 spiro atoms. The molecule has 0 aromatic rings. The minimum absolute atomic E-state index is 0.150. The fourth-order valence-corrected chi connectivity index (χ4v) is 1.26. The third-order valence-corrected chi connectivity index (χ3v) is 2.36. The number of ether oxygens (including phenoxy) is 1. The van der Waals surface area contributed by atoms with Crippen LogP contribution in [0.4, 0.5) is 0 Å². The van der Waals surface area contributed by atoms with E-state index in [9.17, 15) is 4.79 Å². The molecule has 3 heteroatoms. The van der Waals surface area contributed by atoms with Gasteiger partial charge in [0.25, 0.3) is 0 Å². The molecule has 0 aliphatic carbocycles. The van der Waals surface area contributed by atoms with Crippen LogP contribution in [0.2, 0.25) is 0 Å². The van der Waals surface area contributed by atoms with Gasteiger partial charge in [0.1, 0.15) is 0 Å². The zero-order valence-corrected chi connectivity index (χ0v) is 7.14. The first kappa shape index (κ1) is 8.68. The third-order valence-electron chi connectivity index (χ3n) is 2.36. The fourth-order valence-electron chi connectivity index (χ4n) is 1.26. The van der Waals surface area contributed by atoms with Crippen LogP contribution in [0.3, 0.4) is 0 Å². The van der Waals surface area contributed by atoms with Crippen LogP contribution < -0.4 is 5.32 Å². The maximum absolute atomic E-state index is 11.4. The molecule has 1 saturated heterocycles. The second kappa shape index (κ2) is 3.32. The molecule has 0 radical (unpaired) electrons. The van der Waals surface area contributed by atoms with Gasteiger partial charge in [0.2, 0.25) is 0 Å². The molecule has 0 amide bonds. The molecule has 1 rings (SSSR count). The van der Waals surface area contributed by atoms with Gasteiger partial charge in [-0.25, -0.2) is 0 Å². The zero-order chi connectivity index (χ0) is 8.32. The fraction of sp³-hybridized carbons (Fsp3) is 0.875. The van der Waals surface area contributed by atoms with Gasteiger partial charge in [-0.15, -0.1) is 0 Å². The van der Waals surface area contributed by atoms with Gasteiger partial charge in [-0.2, -0.15) is 0 Å². The molecule has 0 atom stereocenters. The van der Waals surface area contributed by atoms with Crippen LogP contribution in [-0.4, -0.2) is 32.6 Å². The number of likely N-dealkylation sites (N-methyl/N-ethyl adjacent to an activating group) is 1. The van der Waals surface area contributed by atoms with Crippen molar-refractivity contribution in [1.82, 2.24) is 5.32 Å². The van der Waals surface area contributed by atoms with Crippen LogP contribution in [0.15, 0.2) is 0 Å². The number of hydrogen-bond donors (Lipinski definition) is 1. The largest absolute Gasteiger partial charge is 0.379 e. The highest BCUT2D eigenvalue weighted by atomic mass is 16.5. The monoisotopic (exact) mass is 157 g/mol. The maximum Gasteiger partial charge on any atom is 0.157 e. The van der Waals surface area contributed by atoms with Crippen molar-refractivity contribution in [2.75, 3.05) is 26.8 Å². The van der Waals surface area contributed by atoms with Crippen molar-refractivity contribution in [2.45, 2.75) is 13.3 Å². The van der Waals surface area contributed by atoms with Gasteiger partial charge >= 0.3 is 0 Å². The molecule has 0 aromatic heterocycles. The second-order valence-corrected chi connectivity index (χ2v) is 3.08. The summed E-state index contributed by atoms with van der Waals surface area (Å²) in [5, 5.41) is 2.87. The van der Waals surface area contributed by atoms with Gasteiger partial charge in [-0.1, -0.05) is 6.92 Å². The van der Waals surface area contributed by atoms with Crippen LogP contribution in [-0.2, 0) is 9.53 Å². The Labute approximate surface area is 67.1 Å². The summed E-state index contributed by atoms with van der Waals surface area (Å²) < 4.78 is 5.05. The Morgan fingerprint density at radius 2 is 2.27 bits per heavy atom. The smallest absolute Gasteiger partial charge is 0.157 e. The molecule has 1 heterocycles. The Morgan fingerprint density at radius 3 is 2.55 bits per heavy atom. The first-order chi connectivity index (χ1) is 5.25. The van der Waals surface area contributed by atoms with Gasteiger partial charge < -0.3 is 10.1 Å². The van der Waals surface area contributed by atoms with Crippen LogP contribution in [0, 0.1) is 5.41 Å². The summed E-state index contributed by atoms with van der Waals surface area (Å²) in [7, 11) is 1.79. The van der Waals surface area contributed by atoms with E-state index in [1.165, 1.54) is 0 Å². The molecule has 0 unspecified atom stereocenters. The number of hydrogen-bond acceptors (Lipinski definition) is 3. The number of rotatable bonds is 4. The highest BCUT2D eigenvalue weighted by Gasteiger charge is 2.42. The van der Waals surface area contributed by atoms with E-state index in [-0.39, 0.29) is 11.2 Å². The Bertz CT molecular complexity index is 147. The van der Waals surface area contributed by atoms with E-state index in [1.807, 2.05) is 6.92 Å². The molecule has 1 aliphatic heterocycles. The van der Waals surface area contributed by atoms with Crippen molar-refractivity contribution in [2.24, 2.45) is 5.41 Å². The van der Waals surface area contributed by atoms with Crippen LogP contribution >= 0.6 is 0 Å². The lowest BCUT2D eigenvalue weighted by molar-refractivity contribution is -0.158. The Morgan fingerprint density at radius 1 is 1.64 bits per heavy atom. The van der Waals surface area contributed by atoms with E-state index in [1.54, 1.807) is 7.05 Å². The van der Waals surface area contributed by atoms with E-state index in [0.717, 1.165) is 6.42 Å². The van der Waals surface area contributed by atoms with Crippen LogP contribution in [0.25, 0.3) is 0 Å². The number of carbonyl (C=O) groups is 1. The van der Waals surface area contributed by atoms with Gasteiger partial charge in [0.05, 0.1) is 25.2 Å². The topological polar surface area (TPSA) is 38.3 Å². The molecule has 3 nitrogen and oxygen atoms in total. The van der Waals surface area contributed by atoms with Crippen molar-refractivity contribution in [1.29, 1.82) is 0 Å². The van der Waals surface area contributed by atoms with Gasteiger partial charge in [0.15, 0.2) is 5.78 Å². The molecule has 0 saturated carbocycles. The summed E-state index contributed by atoms with van der Waals surface area (Å²) in [5.74, 6) is 0.286. The van der Waals surface area contributed by atoms with Crippen LogP contribution in [0.1, 0.15) is 13.3 Å². The number of nitrogens with one attached hydrogen (secondary N) is 1. The summed E-state index contributed by atoms with van der Waals surface area (Å²) in [6.07, 6.45) is 0.896. The van der Waals surface area contributed by atoms with Gasteiger partial charge in [0, 0.05) is 0 Å². The van der Waals surface area contributed by atoms with Gasteiger partial charge in [-0.3, -0.25) is 4.79 Å². The molecule has 0 aromatic carbocycles. The predicted octanol–water partition coefficient (Wildman–Crippen LogP) is 0.201. The molecule has 0 bridgehead atoms. The van der Waals surface area contributed by atoms with Crippen molar-refractivity contribution in [3.63, 3.8) is 0 Å². The second-order valence-electron chi connectivity index (χ2n) is 3.08. The Balaban J connectivity index is 2.47. The summed E-state index contributed by atoms with van der Waals surface area (Å²) in [5.41, 5.74) is -0.150. The highest BCUT2D eigenvalue weighted by molar-refractivity contribution is 5.87. The predicted molar refractivity (Wildman–Crippen MR) is 42.5 cm³/mol. The Kier molecular flexibility index (Phi) is 2.62. The molecule has 11 heavy (non-hydrogen) atoms. The lowest BCUT2D eigenvalue weighted by atomic mass is 9.79. The van der Waals surface area contributed by atoms with Crippen molar-refractivity contribution < 1.29 is 9.53 Å². The maximum atomic E-state index is 11.4. The molecule has 1 aliphatic rings. The molecule has 1 fully saturated rings. The lowest BCUT2D eigenvalue weighted by Gasteiger charge is -2.39. The van der Waals surface area contributed by atoms with Crippen molar-refractivity contribution in [3.05, 3.63) is 0 Å². The molecular weight excluding hydrogens is 142 g/mol. The summed E-state index contributed by atoms with van der Waals surface area (Å²) in [6, 6.07) is 0. The van der Waals surface area contributed by atoms with Crippen molar-refractivity contribution in [3.8, 4) is 0 Å². The first-order valence-corrected chi connectivity index (χ1v) is 4.01. The number of carbonyl (C=O) groups excluding carboxylic acids is 1.